The van der Waals surface area contributed by atoms with Gasteiger partial charge in [-0.3, -0.25) is 4.79 Å². The molecule has 0 amide bonds. The van der Waals surface area contributed by atoms with Crippen molar-refractivity contribution in [2.24, 2.45) is 17.3 Å². The summed E-state index contributed by atoms with van der Waals surface area (Å²) in [6.45, 7) is 16.8. The van der Waals surface area contributed by atoms with Crippen LogP contribution in [0.1, 0.15) is 53.4 Å². The average molecular weight is 293 g/mol. The van der Waals surface area contributed by atoms with Crippen molar-refractivity contribution in [2.75, 3.05) is 0 Å². The summed E-state index contributed by atoms with van der Waals surface area (Å²) in [6, 6.07) is 0. The third-order valence-corrected chi connectivity index (χ3v) is 9.16. The highest BCUT2D eigenvalue weighted by Crippen LogP contribution is 2.60. The second kappa shape index (κ2) is 5.12. The summed E-state index contributed by atoms with van der Waals surface area (Å²) in [6.07, 6.45) is 4.43. The first kappa shape index (κ1) is 16.0. The highest BCUT2D eigenvalue weighted by molar-refractivity contribution is 6.77. The standard InChI is InChI=1S/C18H32OSi/c1-12(2)14-10-15-13(3)16(19)8-9-18(15,4)17(11-14)20(5,6)7/h12,14,17H,8-11H2,1-7H3/t14-,17+,18+/m0/s1. The number of fused-ring (bicyclic) bond motifs is 1. The lowest BCUT2D eigenvalue weighted by Gasteiger charge is -2.54. The molecular formula is C18H32OSi. The molecule has 0 heterocycles. The van der Waals surface area contributed by atoms with E-state index in [0.717, 1.165) is 35.8 Å². The van der Waals surface area contributed by atoms with Crippen LogP contribution in [-0.4, -0.2) is 13.9 Å². The molecule has 2 heteroatoms. The van der Waals surface area contributed by atoms with Crippen molar-refractivity contribution >= 4 is 13.9 Å². The van der Waals surface area contributed by atoms with E-state index < -0.39 is 8.07 Å². The minimum absolute atomic E-state index is 0.313. The van der Waals surface area contributed by atoms with Crippen molar-refractivity contribution in [3.63, 3.8) is 0 Å². The van der Waals surface area contributed by atoms with Gasteiger partial charge in [-0.1, -0.05) is 46.0 Å². The van der Waals surface area contributed by atoms with E-state index in [-0.39, 0.29) is 0 Å². The number of hydrogen-bond acceptors (Lipinski definition) is 1. The predicted octanol–water partition coefficient (Wildman–Crippen LogP) is 5.45. The van der Waals surface area contributed by atoms with Gasteiger partial charge in [0.15, 0.2) is 5.78 Å². The van der Waals surface area contributed by atoms with Crippen molar-refractivity contribution in [1.82, 2.24) is 0 Å². The van der Waals surface area contributed by atoms with Crippen LogP contribution in [0.15, 0.2) is 11.1 Å². The maximum atomic E-state index is 12.2. The van der Waals surface area contributed by atoms with Crippen LogP contribution in [0.5, 0.6) is 0 Å². The van der Waals surface area contributed by atoms with Crippen molar-refractivity contribution in [2.45, 2.75) is 78.6 Å². The maximum absolute atomic E-state index is 12.2. The molecule has 0 bridgehead atoms. The van der Waals surface area contributed by atoms with Gasteiger partial charge in [-0.25, -0.2) is 0 Å². The van der Waals surface area contributed by atoms with Crippen LogP contribution in [0, 0.1) is 17.3 Å². The molecule has 1 nitrogen and oxygen atoms in total. The van der Waals surface area contributed by atoms with Gasteiger partial charge in [0.1, 0.15) is 0 Å². The molecule has 0 aliphatic heterocycles. The van der Waals surface area contributed by atoms with E-state index in [9.17, 15) is 4.79 Å². The van der Waals surface area contributed by atoms with Crippen LogP contribution in [0.4, 0.5) is 0 Å². The zero-order valence-electron chi connectivity index (χ0n) is 14.5. The lowest BCUT2D eigenvalue weighted by Crippen LogP contribution is -2.47. The number of carbonyl (C=O) groups excluding carboxylic acids is 1. The Labute approximate surface area is 126 Å². The minimum Gasteiger partial charge on any atom is -0.295 e. The molecule has 2 rings (SSSR count). The van der Waals surface area contributed by atoms with E-state index in [2.05, 4.69) is 47.3 Å². The molecule has 0 saturated heterocycles. The molecule has 0 aromatic carbocycles. The molecule has 0 unspecified atom stereocenters. The molecule has 0 aromatic rings. The lowest BCUT2D eigenvalue weighted by atomic mass is 9.59. The molecule has 114 valence electrons. The Balaban J connectivity index is 2.51. The third kappa shape index (κ3) is 2.56. The quantitative estimate of drug-likeness (QED) is 0.619. The van der Waals surface area contributed by atoms with Gasteiger partial charge in [-0.2, -0.15) is 0 Å². The van der Waals surface area contributed by atoms with E-state index in [0.29, 0.717) is 11.2 Å². The van der Waals surface area contributed by atoms with Gasteiger partial charge in [-0.05, 0) is 54.6 Å². The van der Waals surface area contributed by atoms with Crippen molar-refractivity contribution in [3.05, 3.63) is 11.1 Å². The van der Waals surface area contributed by atoms with Gasteiger partial charge in [0.25, 0.3) is 0 Å². The molecule has 2 aliphatic rings. The summed E-state index contributed by atoms with van der Waals surface area (Å²) < 4.78 is 0. The van der Waals surface area contributed by atoms with Crippen molar-refractivity contribution < 1.29 is 4.79 Å². The van der Waals surface area contributed by atoms with E-state index >= 15 is 0 Å². The Kier molecular flexibility index (Phi) is 4.10. The highest BCUT2D eigenvalue weighted by Gasteiger charge is 2.51. The van der Waals surface area contributed by atoms with Gasteiger partial charge in [0.2, 0.25) is 0 Å². The molecule has 0 N–H and O–H groups in total. The number of hydrogen-bond donors (Lipinski definition) is 0. The number of carbonyl (C=O) groups is 1. The second-order valence-corrected chi connectivity index (χ2v) is 14.2. The Hall–Kier alpha value is -0.373. The fourth-order valence-electron chi connectivity index (χ4n) is 4.80. The molecule has 2 aliphatic carbocycles. The first-order chi connectivity index (χ1) is 9.07. The van der Waals surface area contributed by atoms with Crippen LogP contribution in [0.3, 0.4) is 0 Å². The van der Waals surface area contributed by atoms with E-state index in [4.69, 9.17) is 0 Å². The topological polar surface area (TPSA) is 17.1 Å². The van der Waals surface area contributed by atoms with E-state index in [1.165, 1.54) is 18.4 Å². The fourth-order valence-corrected chi connectivity index (χ4v) is 8.04. The third-order valence-electron chi connectivity index (χ3n) is 6.19. The predicted molar refractivity (Wildman–Crippen MR) is 89.7 cm³/mol. The lowest BCUT2D eigenvalue weighted by molar-refractivity contribution is -0.117. The van der Waals surface area contributed by atoms with Gasteiger partial charge in [0, 0.05) is 14.5 Å². The summed E-state index contributed by atoms with van der Waals surface area (Å²) in [7, 11) is -1.22. The zero-order valence-corrected chi connectivity index (χ0v) is 15.5. The van der Waals surface area contributed by atoms with Gasteiger partial charge in [0.05, 0.1) is 0 Å². The largest absolute Gasteiger partial charge is 0.295 e. The summed E-state index contributed by atoms with van der Waals surface area (Å²) in [5.74, 6) is 1.92. The summed E-state index contributed by atoms with van der Waals surface area (Å²) >= 11 is 0. The van der Waals surface area contributed by atoms with Crippen molar-refractivity contribution in [3.8, 4) is 0 Å². The van der Waals surface area contributed by atoms with Crippen LogP contribution < -0.4 is 0 Å². The molecule has 20 heavy (non-hydrogen) atoms. The molecule has 1 saturated carbocycles. The number of rotatable bonds is 2. The Morgan fingerprint density at radius 2 is 1.85 bits per heavy atom. The minimum atomic E-state index is -1.22. The first-order valence-electron chi connectivity index (χ1n) is 8.30. The Bertz CT molecular complexity index is 441. The SMILES string of the molecule is CC1=C2C[C@H](C(C)C)C[C@@H]([Si](C)(C)C)[C@]2(C)CCC1=O. The van der Waals surface area contributed by atoms with Gasteiger partial charge >= 0.3 is 0 Å². The molecule has 1 fully saturated rings. The Morgan fingerprint density at radius 3 is 2.35 bits per heavy atom. The summed E-state index contributed by atoms with van der Waals surface area (Å²) in [4.78, 5) is 12.2. The second-order valence-electron chi connectivity index (χ2n) is 8.81. The first-order valence-corrected chi connectivity index (χ1v) is 11.9. The molecule has 3 atom stereocenters. The molecular weight excluding hydrogens is 260 g/mol. The molecule has 0 radical (unpaired) electrons. The normalized spacial score (nSPS) is 35.5. The molecule has 0 aromatic heterocycles. The smallest absolute Gasteiger partial charge is 0.158 e. The fraction of sp³-hybridized carbons (Fsp3) is 0.833. The van der Waals surface area contributed by atoms with Gasteiger partial charge in [-0.15, -0.1) is 0 Å². The monoisotopic (exact) mass is 292 g/mol. The summed E-state index contributed by atoms with van der Waals surface area (Å²) in [5, 5.41) is 0. The van der Waals surface area contributed by atoms with Crippen LogP contribution in [0.2, 0.25) is 25.2 Å². The summed E-state index contributed by atoms with van der Waals surface area (Å²) in [5.41, 5.74) is 3.79. The number of allylic oxidation sites excluding steroid dienone is 2. The zero-order chi connectivity index (χ0) is 15.3. The molecule has 0 spiro atoms. The number of Topliss-reactive ketones (excluding diaryl/α,β-unsaturated/α-hetero) is 1. The van der Waals surface area contributed by atoms with Crippen LogP contribution >= 0.6 is 0 Å². The van der Waals surface area contributed by atoms with E-state index in [1.54, 1.807) is 0 Å². The van der Waals surface area contributed by atoms with Crippen LogP contribution in [-0.2, 0) is 4.79 Å². The number of ketones is 1. The average Bonchev–Trinajstić information content (AvgIpc) is 2.32. The van der Waals surface area contributed by atoms with E-state index in [1.807, 2.05) is 0 Å². The Morgan fingerprint density at radius 1 is 1.25 bits per heavy atom. The maximum Gasteiger partial charge on any atom is 0.158 e. The van der Waals surface area contributed by atoms with Crippen LogP contribution in [0.25, 0.3) is 0 Å². The highest BCUT2D eigenvalue weighted by atomic mass is 28.3. The van der Waals surface area contributed by atoms with Gasteiger partial charge < -0.3 is 0 Å². The van der Waals surface area contributed by atoms with Crippen molar-refractivity contribution in [1.29, 1.82) is 0 Å².